The van der Waals surface area contributed by atoms with Crippen LogP contribution in [0.4, 0.5) is 5.69 Å². The van der Waals surface area contributed by atoms with Gasteiger partial charge in [0, 0.05) is 11.8 Å². The third kappa shape index (κ3) is 5.81. The minimum Gasteiger partial charge on any atom is -0.486 e. The van der Waals surface area contributed by atoms with Crippen LogP contribution in [0, 0.1) is 0 Å². The Hall–Kier alpha value is -3.58. The molecule has 0 saturated heterocycles. The number of anilines is 1. The minimum atomic E-state index is -0.191. The van der Waals surface area contributed by atoms with Crippen molar-refractivity contribution < 1.29 is 19.1 Å². The summed E-state index contributed by atoms with van der Waals surface area (Å²) in [7, 11) is 0. The fourth-order valence-corrected chi connectivity index (χ4v) is 3.85. The van der Waals surface area contributed by atoms with Gasteiger partial charge in [-0.15, -0.1) is 0 Å². The highest BCUT2D eigenvalue weighted by atomic mass is 16.6. The van der Waals surface area contributed by atoms with Crippen LogP contribution in [0.5, 0.6) is 11.5 Å². The van der Waals surface area contributed by atoms with Gasteiger partial charge >= 0.3 is 0 Å². The molecule has 3 aromatic carbocycles. The van der Waals surface area contributed by atoms with Crippen molar-refractivity contribution in [1.82, 2.24) is 10.2 Å². The molecule has 3 aromatic rings. The highest BCUT2D eigenvalue weighted by molar-refractivity contribution is 5.93. The van der Waals surface area contributed by atoms with E-state index in [0.29, 0.717) is 36.9 Å². The summed E-state index contributed by atoms with van der Waals surface area (Å²) in [6, 6.07) is 19.5. The normalized spacial score (nSPS) is 13.5. The van der Waals surface area contributed by atoms with Crippen molar-refractivity contribution in [2.45, 2.75) is 19.9 Å². The van der Waals surface area contributed by atoms with E-state index < -0.39 is 0 Å². The van der Waals surface area contributed by atoms with Crippen LogP contribution in [0.3, 0.4) is 0 Å². The third-order valence-electron chi connectivity index (χ3n) is 5.66. The number of fused-ring (bicyclic) bond motifs is 2. The maximum absolute atomic E-state index is 12.6. The summed E-state index contributed by atoms with van der Waals surface area (Å²) < 4.78 is 11.1. The Bertz CT molecular complexity index is 1150. The molecule has 0 radical (unpaired) electrons. The van der Waals surface area contributed by atoms with Gasteiger partial charge in [0.05, 0.1) is 19.1 Å². The van der Waals surface area contributed by atoms with E-state index in [4.69, 9.17) is 9.47 Å². The zero-order chi connectivity index (χ0) is 23.2. The Morgan fingerprint density at radius 3 is 2.42 bits per heavy atom. The molecule has 1 aliphatic rings. The molecule has 0 aromatic heterocycles. The van der Waals surface area contributed by atoms with Crippen LogP contribution in [0.2, 0.25) is 0 Å². The summed E-state index contributed by atoms with van der Waals surface area (Å²) in [5, 5.41) is 8.21. The summed E-state index contributed by atoms with van der Waals surface area (Å²) in [5.41, 5.74) is 1.68. The number of hydrogen-bond acceptors (Lipinski definition) is 5. The van der Waals surface area contributed by atoms with E-state index in [1.54, 1.807) is 23.1 Å². The highest BCUT2D eigenvalue weighted by Crippen LogP contribution is 2.32. The fourth-order valence-electron chi connectivity index (χ4n) is 3.85. The van der Waals surface area contributed by atoms with Crippen LogP contribution in [0.25, 0.3) is 10.8 Å². The van der Waals surface area contributed by atoms with Crippen molar-refractivity contribution in [3.8, 4) is 11.5 Å². The summed E-state index contributed by atoms with van der Waals surface area (Å²) in [6.45, 7) is 5.73. The summed E-state index contributed by atoms with van der Waals surface area (Å²) in [5.74, 6) is 0.980. The molecule has 0 fully saturated rings. The topological polar surface area (TPSA) is 79.9 Å². The number of nitrogens with one attached hydrogen (secondary N) is 2. The lowest BCUT2D eigenvalue weighted by molar-refractivity contribution is -0.123. The predicted octanol–water partition coefficient (Wildman–Crippen LogP) is 3.75. The van der Waals surface area contributed by atoms with Crippen molar-refractivity contribution in [1.29, 1.82) is 0 Å². The Labute approximate surface area is 193 Å². The molecule has 2 N–H and O–H groups in total. The van der Waals surface area contributed by atoms with E-state index in [9.17, 15) is 9.59 Å². The second-order valence-electron chi connectivity index (χ2n) is 8.11. The number of nitrogens with zero attached hydrogens (tertiary/aromatic N) is 1. The van der Waals surface area contributed by atoms with Gasteiger partial charge < -0.3 is 20.1 Å². The molecular weight excluding hydrogens is 418 g/mol. The molecule has 0 aliphatic carbocycles. The lowest BCUT2D eigenvalue weighted by Crippen LogP contribution is -2.41. The SMILES string of the molecule is CCN(CC(=O)Nc1ccc2c(c1)OCCO2)CC(=O)NC(C)c1ccc2ccccc2c1. The Morgan fingerprint density at radius 1 is 0.909 bits per heavy atom. The quantitative estimate of drug-likeness (QED) is 0.550. The van der Waals surface area contributed by atoms with Crippen LogP contribution in [0.1, 0.15) is 25.5 Å². The molecular formula is C26H29N3O4. The molecule has 7 nitrogen and oxygen atoms in total. The summed E-state index contributed by atoms with van der Waals surface area (Å²) in [6.07, 6.45) is 0. The van der Waals surface area contributed by atoms with Gasteiger partial charge in [0.2, 0.25) is 11.8 Å². The van der Waals surface area contributed by atoms with Crippen LogP contribution >= 0.6 is 0 Å². The Balaban J connectivity index is 1.30. The smallest absolute Gasteiger partial charge is 0.238 e. The van der Waals surface area contributed by atoms with Crippen LogP contribution in [-0.2, 0) is 9.59 Å². The molecule has 1 aliphatic heterocycles. The first kappa shape index (κ1) is 22.6. The lowest BCUT2D eigenvalue weighted by atomic mass is 10.0. The second-order valence-corrected chi connectivity index (χ2v) is 8.11. The molecule has 0 saturated carbocycles. The van der Waals surface area contributed by atoms with Crippen molar-refractivity contribution in [3.05, 3.63) is 66.2 Å². The van der Waals surface area contributed by atoms with Crippen LogP contribution in [0.15, 0.2) is 60.7 Å². The predicted molar refractivity (Wildman–Crippen MR) is 129 cm³/mol. The fraction of sp³-hybridized carbons (Fsp3) is 0.308. The first-order valence-electron chi connectivity index (χ1n) is 11.2. The van der Waals surface area contributed by atoms with Crippen molar-refractivity contribution in [2.75, 3.05) is 38.2 Å². The van der Waals surface area contributed by atoms with Gasteiger partial charge in [0.15, 0.2) is 11.5 Å². The molecule has 2 amide bonds. The standard InChI is InChI=1S/C26H29N3O4/c1-3-29(17-26(31)28-22-10-11-23-24(15-22)33-13-12-32-23)16-25(30)27-18(2)20-9-8-19-6-4-5-7-21(19)14-20/h4-11,14-15,18H,3,12-13,16-17H2,1-2H3,(H,27,30)(H,28,31). The number of amides is 2. The molecule has 1 atom stereocenters. The summed E-state index contributed by atoms with van der Waals surface area (Å²) in [4.78, 5) is 27.0. The number of likely N-dealkylation sites (N-methyl/N-ethyl adjacent to an activating group) is 1. The van der Waals surface area contributed by atoms with Crippen LogP contribution in [-0.4, -0.2) is 49.6 Å². The number of carbonyl (C=O) groups excluding carboxylic acids is 2. The first-order chi connectivity index (χ1) is 16.0. The molecule has 0 spiro atoms. The number of rotatable bonds is 8. The van der Waals surface area contributed by atoms with E-state index in [1.165, 1.54) is 5.39 Å². The third-order valence-corrected chi connectivity index (χ3v) is 5.66. The minimum absolute atomic E-state index is 0.114. The number of hydrogen-bond donors (Lipinski definition) is 2. The average molecular weight is 448 g/mol. The maximum atomic E-state index is 12.6. The zero-order valence-corrected chi connectivity index (χ0v) is 19.0. The molecule has 1 heterocycles. The first-order valence-corrected chi connectivity index (χ1v) is 11.2. The van der Waals surface area contributed by atoms with E-state index in [-0.39, 0.29) is 30.9 Å². The maximum Gasteiger partial charge on any atom is 0.238 e. The van der Waals surface area contributed by atoms with Crippen molar-refractivity contribution in [2.24, 2.45) is 0 Å². The van der Waals surface area contributed by atoms with Gasteiger partial charge in [-0.25, -0.2) is 0 Å². The van der Waals surface area contributed by atoms with Crippen molar-refractivity contribution in [3.63, 3.8) is 0 Å². The monoisotopic (exact) mass is 447 g/mol. The molecule has 1 unspecified atom stereocenters. The number of benzene rings is 3. The highest BCUT2D eigenvalue weighted by Gasteiger charge is 2.17. The van der Waals surface area contributed by atoms with Gasteiger partial charge in [-0.3, -0.25) is 14.5 Å². The molecule has 0 bridgehead atoms. The largest absolute Gasteiger partial charge is 0.486 e. The van der Waals surface area contributed by atoms with E-state index in [1.807, 2.05) is 32.0 Å². The van der Waals surface area contributed by atoms with Crippen LogP contribution < -0.4 is 20.1 Å². The van der Waals surface area contributed by atoms with Gasteiger partial charge in [-0.2, -0.15) is 0 Å². The van der Waals surface area contributed by atoms with Gasteiger partial charge in [-0.05, 0) is 48.0 Å². The van der Waals surface area contributed by atoms with Gasteiger partial charge in [0.25, 0.3) is 0 Å². The molecule has 4 rings (SSSR count). The molecule has 172 valence electrons. The Morgan fingerprint density at radius 2 is 1.64 bits per heavy atom. The molecule has 7 heteroatoms. The zero-order valence-electron chi connectivity index (χ0n) is 19.0. The molecule has 33 heavy (non-hydrogen) atoms. The lowest BCUT2D eigenvalue weighted by Gasteiger charge is -2.22. The Kier molecular flexibility index (Phi) is 7.10. The second kappa shape index (κ2) is 10.4. The van der Waals surface area contributed by atoms with Gasteiger partial charge in [-0.1, -0.05) is 43.3 Å². The number of carbonyl (C=O) groups is 2. The average Bonchev–Trinajstić information content (AvgIpc) is 2.83. The number of ether oxygens (including phenoxy) is 2. The van der Waals surface area contributed by atoms with Gasteiger partial charge in [0.1, 0.15) is 13.2 Å². The summed E-state index contributed by atoms with van der Waals surface area (Å²) >= 11 is 0. The van der Waals surface area contributed by atoms with E-state index in [0.717, 1.165) is 10.9 Å². The van der Waals surface area contributed by atoms with E-state index in [2.05, 4.69) is 34.9 Å². The van der Waals surface area contributed by atoms with Crippen molar-refractivity contribution >= 4 is 28.3 Å². The van der Waals surface area contributed by atoms with E-state index >= 15 is 0 Å².